The van der Waals surface area contributed by atoms with Crippen molar-refractivity contribution in [2.24, 2.45) is 4.99 Å². The summed E-state index contributed by atoms with van der Waals surface area (Å²) in [6.07, 6.45) is -0.844. The molecule has 11 amide bonds. The molecule has 0 aliphatic carbocycles. The Morgan fingerprint density at radius 2 is 0.583 bits per heavy atom. The van der Waals surface area contributed by atoms with E-state index in [2.05, 4.69) is 25.4 Å². The highest BCUT2D eigenvalue weighted by molar-refractivity contribution is 6.12. The van der Waals surface area contributed by atoms with Crippen LogP contribution in [0.25, 0.3) is 0 Å². The molecule has 3 aromatic heterocycles. The normalized spacial score (nSPS) is 12.3. The summed E-state index contributed by atoms with van der Waals surface area (Å²) < 4.78 is 22.3. The topological polar surface area (TPSA) is 370 Å². The van der Waals surface area contributed by atoms with Crippen molar-refractivity contribution in [2.45, 2.75) is 326 Å². The summed E-state index contributed by atoms with van der Waals surface area (Å²) in [5.74, 6) is -2.47. The first-order chi connectivity index (χ1) is 43.3. The summed E-state index contributed by atoms with van der Waals surface area (Å²) in [7, 11) is 0. The van der Waals surface area contributed by atoms with Gasteiger partial charge in [-0.3, -0.25) is 0 Å². The molecule has 1 fully saturated rings. The largest absolute Gasteiger partial charge is 0.446 e. The molecule has 3 aromatic rings. The predicted octanol–water partition coefficient (Wildman–Crippen LogP) is 8.70. The molecule has 0 saturated carbocycles. The Labute approximate surface area is 564 Å². The first-order valence-corrected chi connectivity index (χ1v) is 32.4. The molecule has 552 valence electrons. The zero-order chi connectivity index (χ0) is 75.2. The van der Waals surface area contributed by atoms with Crippen molar-refractivity contribution in [1.29, 1.82) is 0 Å². The minimum Gasteiger partial charge on any atom is -0.446 e. The second-order valence-corrected chi connectivity index (χ2v) is 26.8. The van der Waals surface area contributed by atoms with Crippen LogP contribution < -0.4 is 67.4 Å². The molecule has 4 rings (SSSR count). The van der Waals surface area contributed by atoms with Crippen molar-refractivity contribution < 1.29 is 42.3 Å². The highest BCUT2D eigenvalue weighted by Crippen LogP contribution is 2.21. The zero-order valence-electron chi connectivity index (χ0n) is 62.5. The van der Waals surface area contributed by atoms with E-state index >= 15 is 0 Å². The van der Waals surface area contributed by atoms with Crippen molar-refractivity contribution in [2.75, 3.05) is 0 Å². The van der Waals surface area contributed by atoms with Crippen molar-refractivity contribution in [1.82, 2.24) is 67.5 Å². The first-order valence-electron chi connectivity index (χ1n) is 32.4. The fraction of sp³-hybridized carbons (Fsp3) is 0.766. The van der Waals surface area contributed by atoms with Crippen LogP contribution in [0.3, 0.4) is 0 Å². The molecule has 3 N–H and O–H groups in total. The molecule has 1 saturated heterocycles. The lowest BCUT2D eigenvalue weighted by atomic mass is 10.2. The van der Waals surface area contributed by atoms with E-state index in [0.29, 0.717) is 0 Å². The average Bonchev–Trinajstić information content (AvgIpc) is 0.791. The fourth-order valence-corrected chi connectivity index (χ4v) is 8.39. The summed E-state index contributed by atoms with van der Waals surface area (Å²) in [6.45, 7) is 57.2. The summed E-state index contributed by atoms with van der Waals surface area (Å²) >= 11 is 0. The highest BCUT2D eigenvalue weighted by Gasteiger charge is 2.46. The predicted molar refractivity (Wildman–Crippen MR) is 371 cm³/mol. The standard InChI is InChI=1S/2C12H21N3O3.C11H23N3O2.C11H22N2O3.C9H14N2O4.C8H14N2O2.CH4/c1-7(2)13-10-14(8(3)4)11(16)15(9(5)6)12(17)18-10;1-7(2)13-10(16)14(8(3)4)12(18)15(9(5)6)11(13)17;1-7(2)12-10(15)14(9(5)6)11(16)13-8(3)4;1-7(2)12-10(14)13(8(3)4)11(15)16-9(5)6;1-5(2)10-7(12)11(6(3)4)9(14)15-8(10)13;1-5(2)9-7(11)10(6(3)4)8(9)12;/h2*7-9H,1-6H3;7-9H,1-6H3,(H,12,15)(H,13,16);7-9H,1-6H3,(H,12,14);5-6H,1-4H3;5-6H,1-4H3;1H4. The molecule has 0 spiro atoms. The Hall–Kier alpha value is -8.35. The maximum absolute atomic E-state index is 12.3. The zero-order valence-corrected chi connectivity index (χ0v) is 62.5. The third-order valence-corrected chi connectivity index (χ3v) is 12.5. The van der Waals surface area contributed by atoms with Gasteiger partial charge in [-0.25, -0.2) is 124 Å². The van der Waals surface area contributed by atoms with E-state index in [1.165, 1.54) is 19.3 Å². The van der Waals surface area contributed by atoms with E-state index < -0.39 is 52.2 Å². The van der Waals surface area contributed by atoms with Gasteiger partial charge in [0.1, 0.15) is 0 Å². The average molecular weight is 1370 g/mol. The van der Waals surface area contributed by atoms with Gasteiger partial charge in [0.15, 0.2) is 0 Å². The van der Waals surface area contributed by atoms with E-state index in [0.717, 1.165) is 32.3 Å². The van der Waals surface area contributed by atoms with Gasteiger partial charge < -0.3 is 29.5 Å². The third kappa shape index (κ3) is 26.7. The van der Waals surface area contributed by atoms with Crippen LogP contribution in [0.2, 0.25) is 0 Å². The van der Waals surface area contributed by atoms with Crippen LogP contribution >= 0.6 is 0 Å². The summed E-state index contributed by atoms with van der Waals surface area (Å²) in [5, 5.41) is 8.07. The molecule has 1 aliphatic rings. The van der Waals surface area contributed by atoms with Crippen LogP contribution in [0.4, 0.5) is 28.8 Å². The van der Waals surface area contributed by atoms with E-state index in [-0.39, 0.29) is 140 Å². The fourth-order valence-electron chi connectivity index (χ4n) is 8.39. The lowest BCUT2D eigenvalue weighted by Gasteiger charge is -2.43. The molecule has 4 heterocycles. The van der Waals surface area contributed by atoms with Crippen LogP contribution in [-0.2, 0) is 4.74 Å². The Morgan fingerprint density at radius 1 is 0.344 bits per heavy atom. The lowest BCUT2D eigenvalue weighted by Crippen LogP contribution is -2.67. The summed E-state index contributed by atoms with van der Waals surface area (Å²) in [6, 6.07) is -3.84. The Bertz CT molecular complexity index is 3300. The number of hydrogen-bond acceptors (Lipinski definition) is 18. The monoisotopic (exact) mass is 1370 g/mol. The molecule has 32 heteroatoms. The number of nitrogens with zero attached hydrogens (tertiary/aromatic N) is 12. The van der Waals surface area contributed by atoms with Crippen molar-refractivity contribution in [3.05, 3.63) is 89.8 Å². The Kier molecular flexibility index (Phi) is 39.1. The smallest absolute Gasteiger partial charge is 0.427 e. The quantitative estimate of drug-likeness (QED) is 0.121. The third-order valence-electron chi connectivity index (χ3n) is 12.5. The number of carbonyl (C=O) groups is 6. The maximum atomic E-state index is 12.3. The number of imide groups is 4. The SMILES string of the molecule is C.CC(C)N1C(=O)N(C(C)C)C1=O.CC(C)N=c1oc(=O)n(C(C)C)c(=O)n1C(C)C.CC(C)NC(=O)N(C(=O)NC(C)C)C(C)C.CC(C)NC(=O)N(C(=O)OC(C)C)C(C)C.CC(C)n1c(=O)n(C(C)C)c(=O)n(C(C)C)c1=O.CC(C)n1c(=O)oc(=O)n(C(C)C)c1=O. The van der Waals surface area contributed by atoms with Crippen LogP contribution in [0.15, 0.2) is 52.2 Å². The molecular formula is C64H119N15O17. The number of amides is 11. The molecule has 0 unspecified atom stereocenters. The highest BCUT2D eigenvalue weighted by atomic mass is 16.6. The van der Waals surface area contributed by atoms with Crippen LogP contribution in [0.5, 0.6) is 0 Å². The molecular weight excluding hydrogens is 1250 g/mol. The Balaban J connectivity index is -0.00000108. The second kappa shape index (κ2) is 40.9. The van der Waals surface area contributed by atoms with Gasteiger partial charge >= 0.3 is 87.7 Å². The van der Waals surface area contributed by atoms with Crippen molar-refractivity contribution in [3.8, 4) is 0 Å². The minimum atomic E-state index is -0.906. The van der Waals surface area contributed by atoms with Gasteiger partial charge in [0.05, 0.1) is 6.10 Å². The van der Waals surface area contributed by atoms with Crippen LogP contribution in [0, 0.1) is 0 Å². The molecule has 0 atom stereocenters. The minimum absolute atomic E-state index is 0. The van der Waals surface area contributed by atoms with Gasteiger partial charge in [-0.15, -0.1) is 0 Å². The van der Waals surface area contributed by atoms with E-state index in [9.17, 15) is 67.1 Å². The maximum Gasteiger partial charge on any atom is 0.427 e. The number of ether oxygens (including phenoxy) is 1. The number of rotatable bonds is 16. The molecule has 96 heavy (non-hydrogen) atoms. The van der Waals surface area contributed by atoms with Crippen molar-refractivity contribution >= 4 is 36.2 Å². The van der Waals surface area contributed by atoms with E-state index in [1.54, 1.807) is 125 Å². The number of carbonyl (C=O) groups excluding carboxylic acids is 6. The number of urea groups is 5. The van der Waals surface area contributed by atoms with Gasteiger partial charge in [-0.2, -0.15) is 0 Å². The first kappa shape index (κ1) is 91.8. The molecule has 32 nitrogen and oxygen atoms in total. The van der Waals surface area contributed by atoms with Gasteiger partial charge in [0, 0.05) is 90.6 Å². The summed E-state index contributed by atoms with van der Waals surface area (Å²) in [4.78, 5) is 173. The molecule has 1 aliphatic heterocycles. The van der Waals surface area contributed by atoms with E-state index in [4.69, 9.17) is 9.15 Å². The van der Waals surface area contributed by atoms with E-state index in [1.807, 2.05) is 96.9 Å². The number of hydrogen-bond donors (Lipinski definition) is 3. The van der Waals surface area contributed by atoms with Crippen LogP contribution in [0.1, 0.15) is 271 Å². The molecule has 0 bridgehead atoms. The second-order valence-electron chi connectivity index (χ2n) is 26.8. The number of nitrogens with one attached hydrogen (secondary N) is 3. The molecule has 0 radical (unpaired) electrons. The van der Waals surface area contributed by atoms with Gasteiger partial charge in [-0.05, 0) is 222 Å². The van der Waals surface area contributed by atoms with Crippen LogP contribution in [-0.4, -0.2) is 142 Å². The summed E-state index contributed by atoms with van der Waals surface area (Å²) in [5.41, 5.74) is -2.52. The molecule has 0 aromatic carbocycles. The number of aromatic nitrogens is 7. The van der Waals surface area contributed by atoms with Crippen molar-refractivity contribution in [3.63, 3.8) is 0 Å². The lowest BCUT2D eigenvalue weighted by molar-refractivity contribution is 0.0769. The Morgan fingerprint density at radius 3 is 0.802 bits per heavy atom. The van der Waals surface area contributed by atoms with Gasteiger partial charge in [-0.1, -0.05) is 7.43 Å². The van der Waals surface area contributed by atoms with Gasteiger partial charge in [0.25, 0.3) is 0 Å². The van der Waals surface area contributed by atoms with Gasteiger partial charge in [0.2, 0.25) is 0 Å².